The maximum atomic E-state index is 12.7. The van der Waals surface area contributed by atoms with E-state index >= 15 is 0 Å². The number of H-pyrrole nitrogens is 1. The van der Waals surface area contributed by atoms with Gasteiger partial charge < -0.3 is 29.5 Å². The van der Waals surface area contributed by atoms with Crippen molar-refractivity contribution >= 4 is 37.6 Å². The highest BCUT2D eigenvalue weighted by Gasteiger charge is 2.45. The van der Waals surface area contributed by atoms with E-state index in [9.17, 15) is 19.5 Å². The fourth-order valence-electron chi connectivity index (χ4n) is 5.01. The molecule has 5 N–H and O–H groups in total. The van der Waals surface area contributed by atoms with Crippen LogP contribution in [0.3, 0.4) is 0 Å². The van der Waals surface area contributed by atoms with Crippen molar-refractivity contribution in [3.63, 3.8) is 0 Å². The van der Waals surface area contributed by atoms with Crippen LogP contribution < -0.4 is 22.4 Å². The number of nitrogens with zero attached hydrogens (tertiary/aromatic N) is 6. The number of aryl methyl sites for hydroxylation is 1. The zero-order valence-electron chi connectivity index (χ0n) is 26.0. The number of aromatic amines is 1. The predicted octanol–water partition coefficient (Wildman–Crippen LogP) is 1.31. The summed E-state index contributed by atoms with van der Waals surface area (Å²) in [5.74, 6) is 0.218. The summed E-state index contributed by atoms with van der Waals surface area (Å²) in [6, 6.07) is 0. The van der Waals surface area contributed by atoms with Gasteiger partial charge >= 0.3 is 11.8 Å². The first-order valence-electron chi connectivity index (χ1n) is 14.5. The van der Waals surface area contributed by atoms with E-state index in [1.165, 1.54) is 29.6 Å². The van der Waals surface area contributed by atoms with Crippen molar-refractivity contribution in [1.29, 1.82) is 0 Å². The molecule has 0 saturated carbocycles. The molecule has 6 atom stereocenters. The van der Waals surface area contributed by atoms with Gasteiger partial charge in [0.1, 0.15) is 42.6 Å². The highest BCUT2D eigenvalue weighted by atomic mass is 28.4. The normalized spacial score (nSPS) is 25.8. The van der Waals surface area contributed by atoms with Gasteiger partial charge in [0.25, 0.3) is 5.56 Å². The van der Waals surface area contributed by atoms with E-state index in [-0.39, 0.29) is 17.3 Å². The number of aromatic nitrogens is 6. The summed E-state index contributed by atoms with van der Waals surface area (Å²) in [6.07, 6.45) is 1.14. The molecule has 0 bridgehead atoms. The van der Waals surface area contributed by atoms with Crippen LogP contribution in [0.4, 0.5) is 10.6 Å². The van der Waals surface area contributed by atoms with Crippen LogP contribution in [0.2, 0.25) is 18.1 Å². The maximum absolute atomic E-state index is 12.7. The molecule has 1 amide bonds. The highest BCUT2D eigenvalue weighted by molar-refractivity contribution is 6.74. The van der Waals surface area contributed by atoms with Crippen molar-refractivity contribution in [2.75, 3.05) is 12.3 Å². The van der Waals surface area contributed by atoms with Crippen LogP contribution in [-0.4, -0.2) is 85.8 Å². The van der Waals surface area contributed by atoms with Gasteiger partial charge in [-0.25, -0.2) is 30.0 Å². The van der Waals surface area contributed by atoms with Gasteiger partial charge in [0, 0.05) is 24.6 Å². The fourth-order valence-corrected chi connectivity index (χ4v) is 6.35. The Bertz CT molecular complexity index is 1700. The van der Waals surface area contributed by atoms with Gasteiger partial charge in [-0.05, 0) is 25.1 Å². The second kappa shape index (κ2) is 12.4. The zero-order valence-corrected chi connectivity index (χ0v) is 27.0. The standard InChI is InChI=1S/C27H39N9O8Si/c1-14-10-35(25(39)33-24(14)38)19-8-16(44-45(5,6)27(2,3)4)17(41-19)9-32-34-26(40)43-15-7-20(42-18(15)11-37)36-13-31-21-22(28)29-12-30-23(21)36/h9-10,12-13,15-20,37H,7-8,11H2,1-6H3,(H,34,40)(H2,28,29,30)(H,33,38,39)/b32-9+/t15-,16-,17+,18+,19+,20+/m0/s1. The second-order valence-electron chi connectivity index (χ2n) is 12.7. The van der Waals surface area contributed by atoms with Gasteiger partial charge in [-0.3, -0.25) is 18.9 Å². The number of carbonyl (C=O) groups is 1. The van der Waals surface area contributed by atoms with Crippen molar-refractivity contribution in [1.82, 2.24) is 34.5 Å². The quantitative estimate of drug-likeness (QED) is 0.155. The number of aliphatic hydroxyl groups excluding tert-OH is 1. The van der Waals surface area contributed by atoms with E-state index in [0.29, 0.717) is 23.1 Å². The lowest BCUT2D eigenvalue weighted by Crippen LogP contribution is -2.46. The fraction of sp³-hybridized carbons (Fsp3) is 0.593. The molecule has 2 aliphatic rings. The lowest BCUT2D eigenvalue weighted by atomic mass is 10.2. The molecule has 0 aliphatic carbocycles. The molecule has 0 aromatic carbocycles. The van der Waals surface area contributed by atoms with Gasteiger partial charge in [-0.2, -0.15) is 5.10 Å². The number of anilines is 1. The Morgan fingerprint density at radius 3 is 2.62 bits per heavy atom. The van der Waals surface area contributed by atoms with Crippen molar-refractivity contribution in [2.24, 2.45) is 5.10 Å². The van der Waals surface area contributed by atoms with Gasteiger partial charge in [-0.1, -0.05) is 20.8 Å². The van der Waals surface area contributed by atoms with Crippen molar-refractivity contribution in [3.8, 4) is 0 Å². The first-order valence-corrected chi connectivity index (χ1v) is 17.4. The van der Waals surface area contributed by atoms with Gasteiger partial charge in [0.2, 0.25) is 0 Å². The Hall–Kier alpha value is -3.97. The van der Waals surface area contributed by atoms with Crippen LogP contribution in [-0.2, 0) is 18.6 Å². The number of nitrogen functional groups attached to an aromatic ring is 1. The molecule has 2 aliphatic heterocycles. The van der Waals surface area contributed by atoms with Crippen LogP contribution in [0.1, 0.15) is 51.6 Å². The number of imidazole rings is 1. The minimum Gasteiger partial charge on any atom is -0.442 e. The summed E-state index contributed by atoms with van der Waals surface area (Å²) in [6.45, 7) is 11.7. The summed E-state index contributed by atoms with van der Waals surface area (Å²) in [5.41, 5.74) is 8.36. The Labute approximate surface area is 258 Å². The predicted molar refractivity (Wildman–Crippen MR) is 164 cm³/mol. The molecule has 5 heterocycles. The van der Waals surface area contributed by atoms with Gasteiger partial charge in [0.05, 0.1) is 25.3 Å². The smallest absolute Gasteiger partial charge is 0.428 e. The van der Waals surface area contributed by atoms with Crippen molar-refractivity contribution in [2.45, 2.75) is 95.5 Å². The molecule has 2 saturated heterocycles. The minimum atomic E-state index is -2.28. The Balaban J connectivity index is 1.26. The highest BCUT2D eigenvalue weighted by Crippen LogP contribution is 2.40. The average Bonchev–Trinajstić information content (AvgIpc) is 3.67. The molecule has 5 rings (SSSR count). The summed E-state index contributed by atoms with van der Waals surface area (Å²) in [4.78, 5) is 51.9. The third kappa shape index (κ3) is 6.69. The number of nitrogens with two attached hydrogens (primary N) is 1. The van der Waals surface area contributed by atoms with Crippen molar-refractivity contribution in [3.05, 3.63) is 45.3 Å². The number of nitrogens with one attached hydrogen (secondary N) is 2. The summed E-state index contributed by atoms with van der Waals surface area (Å²) < 4.78 is 27.2. The number of ether oxygens (including phenoxy) is 3. The molecular formula is C27H39N9O8Si. The zero-order chi connectivity index (χ0) is 32.7. The molecule has 18 heteroatoms. The number of hydrogen-bond donors (Lipinski definition) is 4. The van der Waals surface area contributed by atoms with Crippen LogP contribution in [0.15, 0.2) is 33.5 Å². The third-order valence-corrected chi connectivity index (χ3v) is 13.0. The Morgan fingerprint density at radius 2 is 1.91 bits per heavy atom. The molecule has 0 unspecified atom stereocenters. The molecule has 244 valence electrons. The molecule has 3 aromatic heterocycles. The van der Waals surface area contributed by atoms with Crippen LogP contribution in [0.5, 0.6) is 0 Å². The monoisotopic (exact) mass is 645 g/mol. The van der Waals surface area contributed by atoms with Crippen LogP contribution >= 0.6 is 0 Å². The molecule has 45 heavy (non-hydrogen) atoms. The van der Waals surface area contributed by atoms with Crippen LogP contribution in [0, 0.1) is 6.92 Å². The summed E-state index contributed by atoms with van der Waals surface area (Å²) >= 11 is 0. The lowest BCUT2D eigenvalue weighted by molar-refractivity contribution is -0.0459. The van der Waals surface area contributed by atoms with E-state index < -0.39 is 69.1 Å². The number of rotatable bonds is 8. The second-order valence-corrected chi connectivity index (χ2v) is 17.4. The van der Waals surface area contributed by atoms with Gasteiger partial charge in [0.15, 0.2) is 19.8 Å². The number of carbonyl (C=O) groups excluding carboxylic acids is 1. The number of hydrogen-bond acceptors (Lipinski definition) is 13. The molecule has 0 radical (unpaired) electrons. The SMILES string of the molecule is Cc1cn([C@H]2C[C@H](O[Si](C)(C)C(C)(C)C)[C@@H](/C=N/NC(=O)O[C@H]3C[C@H](n4cnc5c(N)ncnc54)O[C@@H]3CO)O2)c(=O)[nH]c1=O. The maximum Gasteiger partial charge on any atom is 0.428 e. The Kier molecular flexibility index (Phi) is 8.96. The average molecular weight is 646 g/mol. The number of fused-ring (bicyclic) bond motifs is 1. The first kappa shape index (κ1) is 32.4. The Morgan fingerprint density at radius 1 is 1.20 bits per heavy atom. The van der Waals surface area contributed by atoms with E-state index in [1.807, 2.05) is 0 Å². The largest absolute Gasteiger partial charge is 0.442 e. The third-order valence-electron chi connectivity index (χ3n) is 8.52. The van der Waals surface area contributed by atoms with Crippen LogP contribution in [0.25, 0.3) is 11.2 Å². The first-order chi connectivity index (χ1) is 21.2. The molecular weight excluding hydrogens is 606 g/mol. The molecule has 3 aromatic rings. The number of hydrazone groups is 1. The van der Waals surface area contributed by atoms with E-state index in [2.05, 4.69) is 64.3 Å². The summed E-state index contributed by atoms with van der Waals surface area (Å²) in [7, 11) is -2.28. The molecule has 2 fully saturated rings. The van der Waals surface area contributed by atoms with Gasteiger partial charge in [-0.15, -0.1) is 0 Å². The van der Waals surface area contributed by atoms with Crippen molar-refractivity contribution < 1.29 is 28.5 Å². The van der Waals surface area contributed by atoms with E-state index in [0.717, 1.165) is 0 Å². The summed E-state index contributed by atoms with van der Waals surface area (Å²) in [5, 5.41) is 13.8. The van der Waals surface area contributed by atoms with E-state index in [1.54, 1.807) is 11.5 Å². The molecule has 17 nitrogen and oxygen atoms in total. The lowest BCUT2D eigenvalue weighted by Gasteiger charge is -2.38. The minimum absolute atomic E-state index is 0.104. The topological polar surface area (TPSA) is 223 Å². The molecule has 0 spiro atoms. The van der Waals surface area contributed by atoms with E-state index in [4.69, 9.17) is 24.4 Å². The number of aliphatic hydroxyl groups is 1. The number of amides is 1.